The van der Waals surface area contributed by atoms with Gasteiger partial charge in [-0.05, 0) is 12.1 Å². The predicted molar refractivity (Wildman–Crippen MR) is 65.2 cm³/mol. The molecule has 0 N–H and O–H groups in total. The predicted octanol–water partition coefficient (Wildman–Crippen LogP) is -1.05. The number of benzene rings is 1. The topological polar surface area (TPSA) is 38.0 Å². The fraction of sp³-hybridized carbons (Fsp3) is 0.0833. The van der Waals surface area contributed by atoms with Gasteiger partial charge in [-0.3, -0.25) is 0 Å². The first-order valence-corrected chi connectivity index (χ1v) is 7.34. The highest BCUT2D eigenvalue weighted by atomic mass is 35.7. The lowest BCUT2D eigenvalue weighted by Gasteiger charge is -1.99. The lowest BCUT2D eigenvalue weighted by Crippen LogP contribution is -3.00. The van der Waals surface area contributed by atoms with E-state index in [-0.39, 0.29) is 17.3 Å². The zero-order chi connectivity index (χ0) is 12.3. The van der Waals surface area contributed by atoms with Gasteiger partial charge in [0.15, 0.2) is 18.9 Å². The van der Waals surface area contributed by atoms with Gasteiger partial charge in [-0.15, -0.1) is 0 Å². The highest BCUT2D eigenvalue weighted by Crippen LogP contribution is 2.15. The largest absolute Gasteiger partial charge is 1.00 e. The van der Waals surface area contributed by atoms with E-state index in [2.05, 4.69) is 0 Å². The van der Waals surface area contributed by atoms with Gasteiger partial charge in [-0.1, -0.05) is 18.2 Å². The average Bonchev–Trinajstić information content (AvgIpc) is 2.30. The molecule has 0 amide bonds. The zero-order valence-corrected chi connectivity index (χ0v) is 11.7. The van der Waals surface area contributed by atoms with Crippen LogP contribution in [0.25, 0.3) is 0 Å². The molecule has 0 spiro atoms. The molecule has 18 heavy (non-hydrogen) atoms. The summed E-state index contributed by atoms with van der Waals surface area (Å²) in [6, 6.07) is 12.4. The normalized spacial score (nSPS) is 10.7. The molecule has 1 aromatic heterocycles. The minimum absolute atomic E-state index is 0. The molecule has 96 valence electrons. The van der Waals surface area contributed by atoms with Gasteiger partial charge in [-0.2, -0.15) is 0 Å². The number of pyridine rings is 1. The summed E-state index contributed by atoms with van der Waals surface area (Å²) in [5.74, 6) is 0. The molecule has 0 bridgehead atoms. The molecule has 2 rings (SSSR count). The fourth-order valence-corrected chi connectivity index (χ4v) is 2.28. The van der Waals surface area contributed by atoms with Crippen LogP contribution >= 0.6 is 10.7 Å². The van der Waals surface area contributed by atoms with Crippen LogP contribution in [-0.2, 0) is 15.6 Å². The van der Waals surface area contributed by atoms with E-state index in [1.807, 2.05) is 35.2 Å². The second-order valence-corrected chi connectivity index (χ2v) is 6.20. The summed E-state index contributed by atoms with van der Waals surface area (Å²) in [6.07, 6.45) is 3.90. The van der Waals surface area contributed by atoms with Gasteiger partial charge in [0.2, 0.25) is 0 Å². The van der Waals surface area contributed by atoms with Crippen LogP contribution in [0.1, 0.15) is 5.56 Å². The Morgan fingerprint density at radius 1 is 1.00 bits per heavy atom. The molecule has 0 atom stereocenters. The van der Waals surface area contributed by atoms with Gasteiger partial charge in [0, 0.05) is 28.4 Å². The third-order valence-corrected chi connectivity index (χ3v) is 3.72. The molecule has 2 aromatic rings. The van der Waals surface area contributed by atoms with Gasteiger partial charge >= 0.3 is 0 Å². The third-order valence-electron chi connectivity index (χ3n) is 2.35. The molecule has 3 nitrogen and oxygen atoms in total. The summed E-state index contributed by atoms with van der Waals surface area (Å²) in [4.78, 5) is 0.126. The molecular weight excluding hydrogens is 293 g/mol. The monoisotopic (exact) mass is 303 g/mol. The smallest absolute Gasteiger partial charge is 0.261 e. The van der Waals surface area contributed by atoms with E-state index in [4.69, 9.17) is 10.7 Å². The van der Waals surface area contributed by atoms with Gasteiger partial charge < -0.3 is 12.4 Å². The standard InChI is InChI=1S/C12H11ClNO2S.ClH/c13-17(15,16)12-6-4-11(5-7-12)10-14-8-2-1-3-9-14;/h1-9H,10H2;1H/q+1;/p-1. The first-order chi connectivity index (χ1) is 8.05. The van der Waals surface area contributed by atoms with Crippen molar-refractivity contribution in [1.82, 2.24) is 0 Å². The quantitative estimate of drug-likeness (QED) is 0.536. The van der Waals surface area contributed by atoms with Crippen molar-refractivity contribution in [2.45, 2.75) is 11.4 Å². The summed E-state index contributed by atoms with van der Waals surface area (Å²) in [6.45, 7) is 0.698. The van der Waals surface area contributed by atoms with Crippen molar-refractivity contribution < 1.29 is 25.4 Å². The van der Waals surface area contributed by atoms with E-state index in [0.717, 1.165) is 5.56 Å². The minimum atomic E-state index is -3.63. The number of nitrogens with zero attached hydrogens (tertiary/aromatic N) is 1. The number of hydrogen-bond acceptors (Lipinski definition) is 2. The third kappa shape index (κ3) is 3.98. The summed E-state index contributed by atoms with van der Waals surface area (Å²) in [5.41, 5.74) is 1.02. The summed E-state index contributed by atoms with van der Waals surface area (Å²) >= 11 is 0. The van der Waals surface area contributed by atoms with E-state index in [9.17, 15) is 8.42 Å². The maximum Gasteiger partial charge on any atom is 0.261 e. The average molecular weight is 304 g/mol. The first-order valence-electron chi connectivity index (χ1n) is 5.03. The van der Waals surface area contributed by atoms with Crippen LogP contribution in [0.3, 0.4) is 0 Å². The second-order valence-electron chi connectivity index (χ2n) is 3.63. The molecule has 0 unspecified atom stereocenters. The van der Waals surface area contributed by atoms with Crippen LogP contribution in [0, 0.1) is 0 Å². The second kappa shape index (κ2) is 6.18. The van der Waals surface area contributed by atoms with Crippen LogP contribution < -0.4 is 17.0 Å². The van der Waals surface area contributed by atoms with Crippen molar-refractivity contribution in [3.05, 3.63) is 60.4 Å². The van der Waals surface area contributed by atoms with Crippen molar-refractivity contribution in [2.24, 2.45) is 0 Å². The highest BCUT2D eigenvalue weighted by molar-refractivity contribution is 8.13. The molecule has 0 aliphatic rings. The Labute approximate surface area is 117 Å². The molecule has 0 aliphatic heterocycles. The van der Waals surface area contributed by atoms with Crippen molar-refractivity contribution >= 4 is 19.7 Å². The van der Waals surface area contributed by atoms with Crippen molar-refractivity contribution in [3.8, 4) is 0 Å². The van der Waals surface area contributed by atoms with E-state index in [1.165, 1.54) is 12.1 Å². The van der Waals surface area contributed by atoms with Crippen molar-refractivity contribution in [1.29, 1.82) is 0 Å². The Kier molecular flexibility index (Phi) is 5.14. The summed E-state index contributed by atoms with van der Waals surface area (Å²) < 4.78 is 24.1. The van der Waals surface area contributed by atoms with E-state index < -0.39 is 9.05 Å². The Morgan fingerprint density at radius 3 is 2.06 bits per heavy atom. The highest BCUT2D eigenvalue weighted by Gasteiger charge is 2.09. The summed E-state index contributed by atoms with van der Waals surface area (Å²) in [7, 11) is 1.61. The van der Waals surface area contributed by atoms with Crippen LogP contribution in [0.15, 0.2) is 59.8 Å². The van der Waals surface area contributed by atoms with E-state index in [0.29, 0.717) is 6.54 Å². The zero-order valence-electron chi connectivity index (χ0n) is 9.33. The Morgan fingerprint density at radius 2 is 1.56 bits per heavy atom. The Hall–Kier alpha value is -1.10. The van der Waals surface area contributed by atoms with Crippen LogP contribution in [-0.4, -0.2) is 8.42 Å². The maximum atomic E-state index is 11.1. The van der Waals surface area contributed by atoms with Crippen LogP contribution in [0.4, 0.5) is 0 Å². The molecule has 1 aromatic carbocycles. The summed E-state index contributed by atoms with van der Waals surface area (Å²) in [5, 5.41) is 0. The molecule has 0 saturated carbocycles. The van der Waals surface area contributed by atoms with Gasteiger partial charge in [0.1, 0.15) is 0 Å². The van der Waals surface area contributed by atoms with Crippen LogP contribution in [0.2, 0.25) is 0 Å². The molecule has 1 heterocycles. The van der Waals surface area contributed by atoms with Crippen molar-refractivity contribution in [3.63, 3.8) is 0 Å². The molecule has 0 radical (unpaired) electrons. The number of halogens is 2. The van der Waals surface area contributed by atoms with Gasteiger partial charge in [0.05, 0.1) is 4.90 Å². The van der Waals surface area contributed by atoms with Crippen molar-refractivity contribution in [2.75, 3.05) is 0 Å². The number of rotatable bonds is 3. The molecule has 0 saturated heterocycles. The minimum Gasteiger partial charge on any atom is -1.00 e. The SMILES string of the molecule is O=S(=O)(Cl)c1ccc(C[n+]2ccccc2)cc1.[Cl-]. The van der Waals surface area contributed by atoms with Crippen LogP contribution in [0.5, 0.6) is 0 Å². The van der Waals surface area contributed by atoms with E-state index in [1.54, 1.807) is 12.1 Å². The maximum absolute atomic E-state index is 11.1. The number of hydrogen-bond donors (Lipinski definition) is 0. The first kappa shape index (κ1) is 15.0. The van der Waals surface area contributed by atoms with E-state index >= 15 is 0 Å². The Balaban J connectivity index is 0.00000162. The molecule has 0 fully saturated rings. The molecular formula is C12H11Cl2NO2S. The van der Waals surface area contributed by atoms with Gasteiger partial charge in [0.25, 0.3) is 9.05 Å². The Bertz CT molecular complexity index is 598. The molecule has 6 heteroatoms. The molecule has 0 aliphatic carbocycles. The van der Waals surface area contributed by atoms with Gasteiger partial charge in [-0.25, -0.2) is 13.0 Å². The number of aromatic nitrogens is 1. The fourth-order valence-electron chi connectivity index (χ4n) is 1.51. The lowest BCUT2D eigenvalue weighted by atomic mass is 10.2. The lowest BCUT2D eigenvalue weighted by molar-refractivity contribution is -0.688.